The lowest BCUT2D eigenvalue weighted by Crippen LogP contribution is -2.29. The number of rotatable bonds is 6. The van der Waals surface area contributed by atoms with E-state index in [4.69, 9.17) is 0 Å². The average Bonchev–Trinajstić information content (AvgIpc) is 2.68. The zero-order valence-corrected chi connectivity index (χ0v) is 17.8. The topological polar surface area (TPSA) is 74.8 Å². The second-order valence-corrected chi connectivity index (χ2v) is 11.3. The van der Waals surface area contributed by atoms with Gasteiger partial charge in [0.1, 0.15) is 0 Å². The zero-order valence-electron chi connectivity index (χ0n) is 16.2. The van der Waals surface area contributed by atoms with Gasteiger partial charge in [-0.05, 0) is 61.2 Å². The molecule has 3 rings (SSSR count). The smallest absolute Gasteiger partial charge is 0.243 e. The van der Waals surface area contributed by atoms with Crippen molar-refractivity contribution < 1.29 is 16.8 Å². The zero-order chi connectivity index (χ0) is 20.4. The maximum absolute atomic E-state index is 12.8. The largest absolute Gasteiger partial charge is 0.372 e. The Labute approximate surface area is 167 Å². The number of hydrogen-bond acceptors (Lipinski definition) is 5. The fourth-order valence-electron chi connectivity index (χ4n) is 3.35. The first-order valence-corrected chi connectivity index (χ1v) is 12.6. The standard InChI is InChI=1S/C20H26N2O4S2/c1-21(28(25,26)20-12-10-19(11-13-20)27(2,23)24)16-17-6-8-18(9-7-17)22-14-4-3-5-15-22/h6-13H,3-5,14-16H2,1-2H3. The molecule has 0 spiro atoms. The van der Waals surface area contributed by atoms with Crippen molar-refractivity contribution >= 4 is 25.5 Å². The van der Waals surface area contributed by atoms with Gasteiger partial charge in [-0.25, -0.2) is 16.8 Å². The Kier molecular flexibility index (Phi) is 6.12. The summed E-state index contributed by atoms with van der Waals surface area (Å²) in [6.45, 7) is 2.38. The maximum atomic E-state index is 12.8. The van der Waals surface area contributed by atoms with Crippen LogP contribution in [0.5, 0.6) is 0 Å². The predicted molar refractivity (Wildman–Crippen MR) is 111 cm³/mol. The summed E-state index contributed by atoms with van der Waals surface area (Å²) in [6, 6.07) is 13.3. The third-order valence-electron chi connectivity index (χ3n) is 5.02. The molecule has 1 aliphatic heterocycles. The summed E-state index contributed by atoms with van der Waals surface area (Å²) in [6.07, 6.45) is 4.79. The van der Waals surface area contributed by atoms with Crippen molar-refractivity contribution in [3.05, 3.63) is 54.1 Å². The molecule has 28 heavy (non-hydrogen) atoms. The molecule has 2 aromatic rings. The van der Waals surface area contributed by atoms with Crippen LogP contribution in [0, 0.1) is 0 Å². The highest BCUT2D eigenvalue weighted by molar-refractivity contribution is 7.90. The maximum Gasteiger partial charge on any atom is 0.243 e. The van der Waals surface area contributed by atoms with E-state index in [2.05, 4.69) is 4.90 Å². The monoisotopic (exact) mass is 422 g/mol. The second-order valence-electron chi connectivity index (χ2n) is 7.22. The molecular weight excluding hydrogens is 396 g/mol. The van der Waals surface area contributed by atoms with Crippen LogP contribution in [0.25, 0.3) is 0 Å². The molecule has 0 N–H and O–H groups in total. The summed E-state index contributed by atoms with van der Waals surface area (Å²) in [4.78, 5) is 2.53. The molecule has 2 aromatic carbocycles. The van der Waals surface area contributed by atoms with Gasteiger partial charge in [0.05, 0.1) is 9.79 Å². The summed E-state index contributed by atoms with van der Waals surface area (Å²) in [5, 5.41) is 0. The van der Waals surface area contributed by atoms with Gasteiger partial charge in [0.15, 0.2) is 9.84 Å². The van der Waals surface area contributed by atoms with Crippen LogP contribution < -0.4 is 4.90 Å². The molecular formula is C20H26N2O4S2. The SMILES string of the molecule is CN(Cc1ccc(N2CCCCC2)cc1)S(=O)(=O)c1ccc(S(C)(=O)=O)cc1. The van der Waals surface area contributed by atoms with E-state index < -0.39 is 19.9 Å². The Morgan fingerprint density at radius 3 is 1.89 bits per heavy atom. The number of nitrogens with zero attached hydrogens (tertiary/aromatic N) is 2. The molecule has 8 heteroatoms. The number of hydrogen-bond donors (Lipinski definition) is 0. The first kappa shape index (κ1) is 20.8. The highest BCUT2D eigenvalue weighted by atomic mass is 32.2. The van der Waals surface area contributed by atoms with Crippen LogP contribution >= 0.6 is 0 Å². The first-order chi connectivity index (χ1) is 13.2. The van der Waals surface area contributed by atoms with E-state index in [0.717, 1.165) is 24.9 Å². The molecule has 6 nitrogen and oxygen atoms in total. The van der Waals surface area contributed by atoms with Crippen molar-refractivity contribution in [1.29, 1.82) is 0 Å². The Balaban J connectivity index is 1.71. The van der Waals surface area contributed by atoms with Crippen LogP contribution in [0.2, 0.25) is 0 Å². The third-order valence-corrected chi connectivity index (χ3v) is 7.97. The third kappa shape index (κ3) is 4.74. The summed E-state index contributed by atoms with van der Waals surface area (Å²) in [5.41, 5.74) is 2.07. The van der Waals surface area contributed by atoms with Crippen molar-refractivity contribution in [3.63, 3.8) is 0 Å². The Hall–Kier alpha value is -1.90. The van der Waals surface area contributed by atoms with Gasteiger partial charge in [0.2, 0.25) is 10.0 Å². The van der Waals surface area contributed by atoms with E-state index >= 15 is 0 Å². The lowest BCUT2D eigenvalue weighted by atomic mass is 10.1. The number of sulfone groups is 1. The molecule has 0 aliphatic carbocycles. The van der Waals surface area contributed by atoms with Crippen LogP contribution in [-0.2, 0) is 26.4 Å². The van der Waals surface area contributed by atoms with E-state index in [1.54, 1.807) is 0 Å². The van der Waals surface area contributed by atoms with Crippen LogP contribution in [0.3, 0.4) is 0 Å². The molecule has 0 atom stereocenters. The molecule has 0 aromatic heterocycles. The normalized spacial score (nSPS) is 15.8. The quantitative estimate of drug-likeness (QED) is 0.716. The van der Waals surface area contributed by atoms with Crippen molar-refractivity contribution in [3.8, 4) is 0 Å². The van der Waals surface area contributed by atoms with Crippen molar-refractivity contribution in [2.75, 3.05) is 31.3 Å². The van der Waals surface area contributed by atoms with Gasteiger partial charge in [0, 0.05) is 38.6 Å². The molecule has 0 amide bonds. The molecule has 0 radical (unpaired) electrons. The average molecular weight is 423 g/mol. The van der Waals surface area contributed by atoms with Crippen molar-refractivity contribution in [2.24, 2.45) is 0 Å². The van der Waals surface area contributed by atoms with Crippen LogP contribution in [0.4, 0.5) is 5.69 Å². The van der Waals surface area contributed by atoms with Crippen LogP contribution in [0.15, 0.2) is 58.3 Å². The van der Waals surface area contributed by atoms with E-state index in [1.165, 1.54) is 60.6 Å². The van der Waals surface area contributed by atoms with Gasteiger partial charge < -0.3 is 4.90 Å². The van der Waals surface area contributed by atoms with Crippen LogP contribution in [0.1, 0.15) is 24.8 Å². The van der Waals surface area contributed by atoms with Gasteiger partial charge in [-0.3, -0.25) is 0 Å². The molecule has 152 valence electrons. The molecule has 0 unspecified atom stereocenters. The Morgan fingerprint density at radius 1 is 0.821 bits per heavy atom. The molecule has 1 saturated heterocycles. The molecule has 1 fully saturated rings. The van der Waals surface area contributed by atoms with Crippen LogP contribution in [-0.4, -0.2) is 47.5 Å². The highest BCUT2D eigenvalue weighted by Gasteiger charge is 2.22. The Bertz CT molecular complexity index is 1010. The van der Waals surface area contributed by atoms with Crippen molar-refractivity contribution in [2.45, 2.75) is 35.6 Å². The van der Waals surface area contributed by atoms with Gasteiger partial charge in [-0.1, -0.05) is 12.1 Å². The minimum absolute atomic E-state index is 0.0762. The number of piperidine rings is 1. The van der Waals surface area contributed by atoms with Gasteiger partial charge in [-0.15, -0.1) is 0 Å². The predicted octanol–water partition coefficient (Wildman–Crippen LogP) is 2.90. The molecule has 1 aliphatic rings. The summed E-state index contributed by atoms with van der Waals surface area (Å²) < 4.78 is 49.9. The van der Waals surface area contributed by atoms with E-state index in [0.29, 0.717) is 0 Å². The van der Waals surface area contributed by atoms with Gasteiger partial charge in [-0.2, -0.15) is 4.31 Å². The lowest BCUT2D eigenvalue weighted by molar-refractivity contribution is 0.466. The summed E-state index contributed by atoms with van der Waals surface area (Å²) in [7, 11) is -5.54. The number of benzene rings is 2. The molecule has 0 bridgehead atoms. The minimum Gasteiger partial charge on any atom is -0.372 e. The number of sulfonamides is 1. The van der Waals surface area contributed by atoms with E-state index in [9.17, 15) is 16.8 Å². The Morgan fingerprint density at radius 2 is 1.36 bits per heavy atom. The minimum atomic E-state index is -3.70. The van der Waals surface area contributed by atoms with Crippen molar-refractivity contribution in [1.82, 2.24) is 4.31 Å². The van der Waals surface area contributed by atoms with Gasteiger partial charge >= 0.3 is 0 Å². The van der Waals surface area contributed by atoms with E-state index in [-0.39, 0.29) is 16.3 Å². The fourth-order valence-corrected chi connectivity index (χ4v) is 5.13. The highest BCUT2D eigenvalue weighted by Crippen LogP contribution is 2.22. The fraction of sp³-hybridized carbons (Fsp3) is 0.400. The van der Waals surface area contributed by atoms with E-state index in [1.807, 2.05) is 24.3 Å². The second kappa shape index (κ2) is 8.23. The molecule has 0 saturated carbocycles. The molecule has 1 heterocycles. The number of anilines is 1. The lowest BCUT2D eigenvalue weighted by Gasteiger charge is -2.29. The summed E-state index contributed by atoms with van der Waals surface area (Å²) in [5.74, 6) is 0. The summed E-state index contributed by atoms with van der Waals surface area (Å²) >= 11 is 0. The first-order valence-electron chi connectivity index (χ1n) is 9.28. The van der Waals surface area contributed by atoms with Gasteiger partial charge in [0.25, 0.3) is 0 Å².